The lowest BCUT2D eigenvalue weighted by atomic mass is 9.71. The highest BCUT2D eigenvalue weighted by Gasteiger charge is 2.44. The quantitative estimate of drug-likeness (QED) is 0.0557. The number of pyridine rings is 1. The molecule has 3 amide bonds. The summed E-state index contributed by atoms with van der Waals surface area (Å²) < 4.78 is 2.13. The lowest BCUT2D eigenvalue weighted by Crippen LogP contribution is -2.59. The van der Waals surface area contributed by atoms with E-state index in [9.17, 15) is 14.4 Å². The van der Waals surface area contributed by atoms with E-state index in [4.69, 9.17) is 9.97 Å². The molecule has 1 spiro atoms. The number of carbonyl (C=O) groups excluding carboxylic acids is 3. The average molecular weight is 1050 g/mol. The second kappa shape index (κ2) is 27.6. The van der Waals surface area contributed by atoms with E-state index >= 15 is 0 Å². The van der Waals surface area contributed by atoms with Gasteiger partial charge in [-0.25, -0.2) is 9.97 Å². The number of fused-ring (bicyclic) bond motifs is 1. The van der Waals surface area contributed by atoms with Gasteiger partial charge in [0, 0.05) is 122 Å². The van der Waals surface area contributed by atoms with Crippen LogP contribution in [-0.4, -0.2) is 138 Å². The normalized spacial score (nSPS) is 18.3. The van der Waals surface area contributed by atoms with Crippen LogP contribution in [0.25, 0.3) is 11.0 Å². The molecule has 15 heteroatoms. The molecule has 6 heterocycles. The fraction of sp³-hybridized carbons (Fsp3) is 0.500. The maximum absolute atomic E-state index is 13.0. The van der Waals surface area contributed by atoms with Crippen molar-refractivity contribution in [1.29, 1.82) is 0 Å². The Morgan fingerprint density at radius 1 is 0.974 bits per heavy atom. The Balaban J connectivity index is 0.000000305. The van der Waals surface area contributed by atoms with Crippen molar-refractivity contribution in [1.82, 2.24) is 44.4 Å². The predicted molar refractivity (Wildman–Crippen MR) is 317 cm³/mol. The second-order valence-corrected chi connectivity index (χ2v) is 22.5. The number of hydrogen-bond acceptors (Lipinski definition) is 12. The molecule has 3 aliphatic heterocycles. The summed E-state index contributed by atoms with van der Waals surface area (Å²) in [7, 11) is 9.68. The fourth-order valence-corrected chi connectivity index (χ4v) is 11.1. The summed E-state index contributed by atoms with van der Waals surface area (Å²) in [5.41, 5.74) is 10.8. The van der Waals surface area contributed by atoms with Crippen molar-refractivity contribution in [2.45, 2.75) is 118 Å². The van der Waals surface area contributed by atoms with Crippen molar-refractivity contribution in [3.05, 3.63) is 131 Å². The molecule has 1 aliphatic carbocycles. The fourth-order valence-electron chi connectivity index (χ4n) is 11.1. The molecule has 77 heavy (non-hydrogen) atoms. The van der Waals surface area contributed by atoms with E-state index in [0.29, 0.717) is 35.7 Å². The van der Waals surface area contributed by atoms with E-state index < -0.39 is 0 Å². The molecule has 414 valence electrons. The number of hydrogen-bond donors (Lipinski definition) is 2. The zero-order chi connectivity index (χ0) is 56.0. The highest BCUT2D eigenvalue weighted by molar-refractivity contribution is 6.01. The standard InChI is InChI=1S/C39H47N9O3.C12H23N.C11H18N2/c1-25-18-29(9-10-30(25)31-11-13-34(49)43-36(31)50)47-16-14-39(15-17-47)23-46(24-39)22-26-8-12-33(40-20-26)42-38-41-21-27-19-32(37(51)45(2)3)48(35(27)44-38)28-6-4-5-7-28;1-6-8-12(4)10-13(5)9-11(3)7-2;1-9(8-12-4)7-10(2)11(3)13(5)6/h8-10,12,18-21,28,31H,4-7,11,13-17,22-24H2,1-3H3,(H,43,49,50)(H,40,41,42,44);6,8,11H,4,7,9-10H2,1-3,5H3;7-8H,3-4H2,1-2,5-6H3/b;8-6-;9-8+,10-7+. The number of allylic oxidation sites excluding steroid dienone is 4. The van der Waals surface area contributed by atoms with Gasteiger partial charge < -0.3 is 29.5 Å². The SMILES string of the molecule is C=C(/C=C\C)CN(C)CC(C)CC.C=N/C=C(C)/C=C(\C)C(=C)N(C)C.Cc1cc(N2CCC3(CC2)CN(Cc2ccc(Nc4ncc5cc(C(=O)N(C)C)n(C6CCCC6)c5n4)nc2)C3)ccc1C1CCC(=O)NC1=O. The molecule has 2 atom stereocenters. The molecule has 3 saturated heterocycles. The zero-order valence-electron chi connectivity index (χ0n) is 48.3. The van der Waals surface area contributed by atoms with Gasteiger partial charge >= 0.3 is 0 Å². The number of benzene rings is 1. The van der Waals surface area contributed by atoms with Gasteiger partial charge in [-0.3, -0.25) is 29.6 Å². The number of nitrogens with one attached hydrogen (secondary N) is 2. The summed E-state index contributed by atoms with van der Waals surface area (Å²) in [4.78, 5) is 65.8. The molecule has 1 saturated carbocycles. The summed E-state index contributed by atoms with van der Waals surface area (Å²) in [6.07, 6.45) is 20.6. The van der Waals surface area contributed by atoms with E-state index in [1.165, 1.54) is 23.2 Å². The maximum atomic E-state index is 13.0. The number of aliphatic imine (C=N–C) groups is 1. The number of rotatable bonds is 18. The van der Waals surface area contributed by atoms with Crippen LogP contribution in [0.5, 0.6) is 0 Å². The second-order valence-electron chi connectivity index (χ2n) is 22.5. The first kappa shape index (κ1) is 59.5. The van der Waals surface area contributed by atoms with Crippen molar-refractivity contribution in [3.8, 4) is 0 Å². The van der Waals surface area contributed by atoms with Gasteiger partial charge in [-0.05, 0) is 143 Å². The number of carbonyl (C=O) groups is 3. The number of amides is 3. The highest BCUT2D eigenvalue weighted by Crippen LogP contribution is 2.43. The Hall–Kier alpha value is -6.71. The van der Waals surface area contributed by atoms with Gasteiger partial charge in [-0.15, -0.1) is 0 Å². The van der Waals surface area contributed by atoms with Crippen LogP contribution in [0.3, 0.4) is 0 Å². The van der Waals surface area contributed by atoms with Crippen molar-refractivity contribution in [2.75, 3.05) is 84.7 Å². The van der Waals surface area contributed by atoms with Gasteiger partial charge in [0.2, 0.25) is 17.8 Å². The first-order valence-corrected chi connectivity index (χ1v) is 27.6. The minimum atomic E-state index is -0.246. The smallest absolute Gasteiger partial charge is 0.270 e. The van der Waals surface area contributed by atoms with Gasteiger partial charge in [0.1, 0.15) is 17.2 Å². The number of anilines is 3. The number of piperidine rings is 2. The number of imide groups is 1. The Bertz CT molecular complexity index is 2800. The summed E-state index contributed by atoms with van der Waals surface area (Å²) >= 11 is 0. The molecule has 8 rings (SSSR count). The lowest BCUT2D eigenvalue weighted by Gasteiger charge is -2.54. The van der Waals surface area contributed by atoms with E-state index in [-0.39, 0.29) is 29.7 Å². The van der Waals surface area contributed by atoms with E-state index in [0.717, 1.165) is 129 Å². The number of aryl methyl sites for hydroxylation is 1. The van der Waals surface area contributed by atoms with Crippen molar-refractivity contribution >= 4 is 52.9 Å². The first-order chi connectivity index (χ1) is 36.7. The molecule has 1 aromatic carbocycles. The lowest BCUT2D eigenvalue weighted by molar-refractivity contribution is -0.134. The Kier molecular flexibility index (Phi) is 21.3. The molecule has 2 N–H and O–H groups in total. The molecular weight excluding hydrogens is 961 g/mol. The minimum Gasteiger partial charge on any atom is -0.378 e. The molecule has 4 aliphatic rings. The van der Waals surface area contributed by atoms with Crippen molar-refractivity contribution < 1.29 is 14.4 Å². The van der Waals surface area contributed by atoms with Gasteiger partial charge in [-0.2, -0.15) is 4.98 Å². The average Bonchev–Trinajstić information content (AvgIpc) is 4.05. The molecule has 2 unspecified atom stereocenters. The number of likely N-dealkylation sites (tertiary alicyclic amines) is 1. The van der Waals surface area contributed by atoms with Crippen LogP contribution in [0.2, 0.25) is 0 Å². The number of nitrogens with zero attached hydrogens (tertiary/aromatic N) is 10. The van der Waals surface area contributed by atoms with E-state index in [1.54, 1.807) is 31.4 Å². The van der Waals surface area contributed by atoms with Gasteiger partial charge in [0.05, 0.1) is 5.92 Å². The van der Waals surface area contributed by atoms with Crippen LogP contribution in [0, 0.1) is 18.3 Å². The molecule has 0 radical (unpaired) electrons. The Morgan fingerprint density at radius 3 is 2.29 bits per heavy atom. The van der Waals surface area contributed by atoms with Crippen LogP contribution >= 0.6 is 0 Å². The van der Waals surface area contributed by atoms with Crippen molar-refractivity contribution in [3.63, 3.8) is 0 Å². The summed E-state index contributed by atoms with van der Waals surface area (Å²) in [6, 6.07) is 12.7. The third kappa shape index (κ3) is 16.2. The van der Waals surface area contributed by atoms with Crippen molar-refractivity contribution in [2.24, 2.45) is 16.3 Å². The zero-order valence-corrected chi connectivity index (χ0v) is 48.3. The van der Waals surface area contributed by atoms with Gasteiger partial charge in [0.15, 0.2) is 0 Å². The van der Waals surface area contributed by atoms with Crippen LogP contribution in [-0.2, 0) is 16.1 Å². The molecule has 4 fully saturated rings. The monoisotopic (exact) mass is 1050 g/mol. The highest BCUT2D eigenvalue weighted by atomic mass is 16.2. The first-order valence-electron chi connectivity index (χ1n) is 27.6. The molecular formula is C62H88N12O3. The third-order valence-corrected chi connectivity index (χ3v) is 15.5. The van der Waals surface area contributed by atoms with Gasteiger partial charge in [0.25, 0.3) is 5.91 Å². The van der Waals surface area contributed by atoms with Crippen LogP contribution in [0.1, 0.15) is 132 Å². The van der Waals surface area contributed by atoms with Crippen LogP contribution in [0.15, 0.2) is 114 Å². The molecule has 0 bridgehead atoms. The predicted octanol–water partition coefficient (Wildman–Crippen LogP) is 11.0. The summed E-state index contributed by atoms with van der Waals surface area (Å²) in [6.45, 7) is 31.2. The number of aromatic nitrogens is 4. The molecule has 3 aromatic heterocycles. The Labute approximate surface area is 460 Å². The van der Waals surface area contributed by atoms with Gasteiger partial charge in [-0.1, -0.05) is 76.6 Å². The van der Waals surface area contributed by atoms with E-state index in [2.05, 4.69) is 118 Å². The largest absolute Gasteiger partial charge is 0.378 e. The third-order valence-electron chi connectivity index (χ3n) is 15.5. The topological polar surface area (TPSA) is 147 Å². The molecule has 4 aromatic rings. The number of likely N-dealkylation sites (N-methyl/N-ethyl adjacent to an activating group) is 2. The minimum absolute atomic E-state index is 0.0176. The summed E-state index contributed by atoms with van der Waals surface area (Å²) in [5.74, 6) is 1.33. The molecule has 15 nitrogen and oxygen atoms in total. The Morgan fingerprint density at radius 2 is 1.69 bits per heavy atom. The van der Waals surface area contributed by atoms with Crippen LogP contribution < -0.4 is 15.5 Å². The maximum Gasteiger partial charge on any atom is 0.270 e. The summed E-state index contributed by atoms with van der Waals surface area (Å²) in [5, 5.41) is 6.65. The van der Waals surface area contributed by atoms with Crippen LogP contribution in [0.4, 0.5) is 17.5 Å². The van der Waals surface area contributed by atoms with E-state index in [1.807, 2.05) is 70.2 Å².